The predicted molar refractivity (Wildman–Crippen MR) is 137 cm³/mol. The Morgan fingerprint density at radius 3 is 1.41 bits per heavy atom. The van der Waals surface area contributed by atoms with Gasteiger partial charge in [-0.15, -0.1) is 0 Å². The molecule has 2 saturated heterocycles. The minimum absolute atomic E-state index is 0.354. The average molecular weight is 449 g/mol. The van der Waals surface area contributed by atoms with Gasteiger partial charge in [0.2, 0.25) is 0 Å². The molecule has 0 radical (unpaired) electrons. The molecule has 1 unspecified atom stereocenters. The molecule has 6 nitrogen and oxygen atoms in total. The Bertz CT molecular complexity index is 1350. The van der Waals surface area contributed by atoms with Crippen LogP contribution in [0.4, 0.5) is 0 Å². The molecule has 2 fully saturated rings. The number of nitrogens with zero attached hydrogens (tertiary/aromatic N) is 2. The Hall–Kier alpha value is -3.48. The molecule has 2 aromatic heterocycles. The second-order valence-corrected chi connectivity index (χ2v) is 9.58. The molecule has 3 aromatic carbocycles. The SMILES string of the molecule is c1cc(-c2ccc3nc([C@@H]4CCCN4)[nH]c3c2)ccc1-c1ccc2nc(C3CCCN3)[nH]c2c1. The normalized spacial score (nSPS) is 20.6. The van der Waals surface area contributed by atoms with Crippen molar-refractivity contribution in [1.82, 2.24) is 30.6 Å². The quantitative estimate of drug-likeness (QED) is 0.288. The number of imidazole rings is 2. The molecule has 0 spiro atoms. The van der Waals surface area contributed by atoms with Crippen LogP contribution >= 0.6 is 0 Å². The summed E-state index contributed by atoms with van der Waals surface area (Å²) in [6.45, 7) is 2.15. The van der Waals surface area contributed by atoms with E-state index in [4.69, 9.17) is 9.97 Å². The van der Waals surface area contributed by atoms with E-state index in [2.05, 4.69) is 81.3 Å². The van der Waals surface area contributed by atoms with E-state index in [1.165, 1.54) is 35.1 Å². The van der Waals surface area contributed by atoms with Crippen LogP contribution < -0.4 is 10.6 Å². The molecular weight excluding hydrogens is 420 g/mol. The lowest BCUT2D eigenvalue weighted by atomic mass is 10.00. The van der Waals surface area contributed by atoms with Crippen molar-refractivity contribution in [2.45, 2.75) is 37.8 Å². The lowest BCUT2D eigenvalue weighted by Gasteiger charge is -2.06. The molecule has 0 amide bonds. The number of aromatic nitrogens is 4. The van der Waals surface area contributed by atoms with Crippen molar-refractivity contribution in [3.05, 3.63) is 72.3 Å². The molecule has 170 valence electrons. The smallest absolute Gasteiger partial charge is 0.124 e. The molecule has 4 heterocycles. The zero-order chi connectivity index (χ0) is 22.5. The van der Waals surface area contributed by atoms with Crippen molar-refractivity contribution in [2.75, 3.05) is 13.1 Å². The van der Waals surface area contributed by atoms with Crippen molar-refractivity contribution in [1.29, 1.82) is 0 Å². The second kappa shape index (κ2) is 8.08. The van der Waals surface area contributed by atoms with Gasteiger partial charge in [0.05, 0.1) is 34.2 Å². The van der Waals surface area contributed by atoms with Crippen LogP contribution in [0, 0.1) is 0 Å². The van der Waals surface area contributed by atoms with Crippen LogP contribution in [0.2, 0.25) is 0 Å². The van der Waals surface area contributed by atoms with E-state index in [1.54, 1.807) is 0 Å². The van der Waals surface area contributed by atoms with Gasteiger partial charge in [-0.05, 0) is 85.3 Å². The molecule has 7 rings (SSSR count). The molecule has 0 bridgehead atoms. The summed E-state index contributed by atoms with van der Waals surface area (Å²) in [5.74, 6) is 2.11. The Morgan fingerprint density at radius 2 is 1.00 bits per heavy atom. The first-order chi connectivity index (χ1) is 16.8. The summed E-state index contributed by atoms with van der Waals surface area (Å²) in [5.41, 5.74) is 9.08. The first-order valence-electron chi connectivity index (χ1n) is 12.4. The predicted octanol–water partition coefficient (Wildman–Crippen LogP) is 5.62. The third-order valence-electron chi connectivity index (χ3n) is 7.33. The second-order valence-electron chi connectivity index (χ2n) is 9.58. The highest BCUT2D eigenvalue weighted by Crippen LogP contribution is 2.30. The average Bonchev–Trinajstić information content (AvgIpc) is 3.69. The van der Waals surface area contributed by atoms with Crippen molar-refractivity contribution in [3.8, 4) is 22.3 Å². The van der Waals surface area contributed by atoms with Gasteiger partial charge in [-0.25, -0.2) is 9.97 Å². The number of rotatable bonds is 4. The summed E-state index contributed by atoms with van der Waals surface area (Å²) < 4.78 is 0. The minimum Gasteiger partial charge on any atom is -0.341 e. The fourth-order valence-corrected chi connectivity index (χ4v) is 5.44. The Kier molecular flexibility index (Phi) is 4.74. The maximum atomic E-state index is 4.80. The largest absolute Gasteiger partial charge is 0.341 e. The molecular formula is C28H28N6. The summed E-state index contributed by atoms with van der Waals surface area (Å²) in [4.78, 5) is 16.7. The zero-order valence-electron chi connectivity index (χ0n) is 19.1. The highest BCUT2D eigenvalue weighted by molar-refractivity contribution is 5.84. The minimum atomic E-state index is 0.354. The Morgan fingerprint density at radius 1 is 0.559 bits per heavy atom. The van der Waals surface area contributed by atoms with Crippen molar-refractivity contribution in [3.63, 3.8) is 0 Å². The van der Waals surface area contributed by atoms with Gasteiger partial charge >= 0.3 is 0 Å². The fraction of sp³-hybridized carbons (Fsp3) is 0.286. The maximum absolute atomic E-state index is 4.80. The number of fused-ring (bicyclic) bond motifs is 2. The summed E-state index contributed by atoms with van der Waals surface area (Å²) in [6, 6.07) is 22.5. The fourth-order valence-electron chi connectivity index (χ4n) is 5.44. The van der Waals surface area contributed by atoms with E-state index in [9.17, 15) is 0 Å². The van der Waals surface area contributed by atoms with Gasteiger partial charge in [0.1, 0.15) is 11.6 Å². The van der Waals surface area contributed by atoms with Crippen LogP contribution in [-0.4, -0.2) is 33.0 Å². The summed E-state index contributed by atoms with van der Waals surface area (Å²) in [7, 11) is 0. The van der Waals surface area contributed by atoms with Gasteiger partial charge in [0.15, 0.2) is 0 Å². The van der Waals surface area contributed by atoms with Crippen LogP contribution in [0.3, 0.4) is 0 Å². The van der Waals surface area contributed by atoms with Gasteiger partial charge in [0.25, 0.3) is 0 Å². The highest BCUT2D eigenvalue weighted by atomic mass is 15.0. The topological polar surface area (TPSA) is 81.4 Å². The van der Waals surface area contributed by atoms with Crippen LogP contribution in [-0.2, 0) is 0 Å². The first kappa shape index (κ1) is 19.9. The molecule has 2 aliphatic heterocycles. The number of H-pyrrole nitrogens is 2. The Labute approximate surface area is 198 Å². The number of hydrogen-bond donors (Lipinski definition) is 4. The van der Waals surface area contributed by atoms with E-state index >= 15 is 0 Å². The third-order valence-corrected chi connectivity index (χ3v) is 7.33. The van der Waals surface area contributed by atoms with E-state index in [-0.39, 0.29) is 0 Å². The van der Waals surface area contributed by atoms with Crippen LogP contribution in [0.5, 0.6) is 0 Å². The van der Waals surface area contributed by atoms with E-state index in [0.717, 1.165) is 59.6 Å². The van der Waals surface area contributed by atoms with Gasteiger partial charge in [0, 0.05) is 0 Å². The number of aromatic amines is 2. The van der Waals surface area contributed by atoms with Crippen LogP contribution in [0.25, 0.3) is 44.3 Å². The highest BCUT2D eigenvalue weighted by Gasteiger charge is 2.20. The molecule has 34 heavy (non-hydrogen) atoms. The lowest BCUT2D eigenvalue weighted by molar-refractivity contribution is 0.614. The molecule has 0 aliphatic carbocycles. The van der Waals surface area contributed by atoms with Crippen molar-refractivity contribution >= 4 is 22.1 Å². The molecule has 2 aliphatic rings. The molecule has 5 aromatic rings. The maximum Gasteiger partial charge on any atom is 0.124 e. The van der Waals surface area contributed by atoms with Gasteiger partial charge in [-0.3, -0.25) is 0 Å². The summed E-state index contributed by atoms with van der Waals surface area (Å²) >= 11 is 0. The number of hydrogen-bond acceptors (Lipinski definition) is 4. The monoisotopic (exact) mass is 448 g/mol. The van der Waals surface area contributed by atoms with Gasteiger partial charge < -0.3 is 20.6 Å². The van der Waals surface area contributed by atoms with Crippen LogP contribution in [0.15, 0.2) is 60.7 Å². The molecule has 4 N–H and O–H groups in total. The molecule has 6 heteroatoms. The van der Waals surface area contributed by atoms with Gasteiger partial charge in [-0.1, -0.05) is 36.4 Å². The zero-order valence-corrected chi connectivity index (χ0v) is 19.1. The molecule has 0 saturated carbocycles. The van der Waals surface area contributed by atoms with E-state index < -0.39 is 0 Å². The van der Waals surface area contributed by atoms with E-state index in [0.29, 0.717) is 12.1 Å². The lowest BCUT2D eigenvalue weighted by Crippen LogP contribution is -2.13. The van der Waals surface area contributed by atoms with Crippen molar-refractivity contribution < 1.29 is 0 Å². The molecule has 2 atom stereocenters. The van der Waals surface area contributed by atoms with E-state index in [1.807, 2.05) is 0 Å². The summed E-state index contributed by atoms with van der Waals surface area (Å²) in [5, 5.41) is 7.05. The first-order valence-corrected chi connectivity index (χ1v) is 12.4. The van der Waals surface area contributed by atoms with Gasteiger partial charge in [-0.2, -0.15) is 0 Å². The standard InChI is InChI=1S/C28H28N6/c1-3-23(29-13-1)27-31-21-11-9-19(15-25(21)33-27)17-5-7-18(8-6-17)20-10-12-22-26(16-20)34-28(32-22)24-4-2-14-30-24/h5-12,15-16,23-24,29-30H,1-4,13-14H2,(H,31,33)(H,32,34)/t23-,24?/m0/s1. The van der Waals surface area contributed by atoms with Crippen LogP contribution in [0.1, 0.15) is 49.4 Å². The Balaban J connectivity index is 1.16. The third kappa shape index (κ3) is 3.50. The van der Waals surface area contributed by atoms with Crippen molar-refractivity contribution in [2.24, 2.45) is 0 Å². The summed E-state index contributed by atoms with van der Waals surface area (Å²) in [6.07, 6.45) is 4.73. The number of nitrogens with one attached hydrogen (secondary N) is 4. The number of benzene rings is 3.